The van der Waals surface area contributed by atoms with Crippen molar-refractivity contribution in [1.29, 1.82) is 0 Å². The molecule has 1 aliphatic heterocycles. The van der Waals surface area contributed by atoms with Crippen molar-refractivity contribution in [2.24, 2.45) is 5.41 Å². The van der Waals surface area contributed by atoms with Gasteiger partial charge in [-0.1, -0.05) is 20.8 Å². The van der Waals surface area contributed by atoms with Crippen molar-refractivity contribution in [2.45, 2.75) is 52.7 Å². The summed E-state index contributed by atoms with van der Waals surface area (Å²) in [6.45, 7) is 6.55. The lowest BCUT2D eigenvalue weighted by Gasteiger charge is -2.27. The second kappa shape index (κ2) is 8.17. The molecule has 1 amide bonds. The minimum atomic E-state index is -0.629. The van der Waals surface area contributed by atoms with Crippen LogP contribution in [0.4, 0.5) is 0 Å². The lowest BCUT2D eigenvalue weighted by atomic mass is 9.84. The number of ketones is 1. The van der Waals surface area contributed by atoms with Crippen LogP contribution < -0.4 is 4.74 Å². The van der Waals surface area contributed by atoms with E-state index >= 15 is 0 Å². The van der Waals surface area contributed by atoms with Crippen LogP contribution in [0.1, 0.15) is 56.8 Å². The van der Waals surface area contributed by atoms with Crippen LogP contribution in [0.25, 0.3) is 0 Å². The number of carbonyl (C=O) groups excluding carboxylic acids is 2. The zero-order chi connectivity index (χ0) is 19.4. The van der Waals surface area contributed by atoms with Crippen LogP contribution in [0.2, 0.25) is 0 Å². The summed E-state index contributed by atoms with van der Waals surface area (Å²) < 4.78 is 5.69. The Bertz CT molecular complexity index is 804. The number of Topliss-reactive ketones (excluding diaryl/α,β-unsaturated/α-hetero) is 1. The molecule has 3 heterocycles. The summed E-state index contributed by atoms with van der Waals surface area (Å²) >= 11 is 1.52. The van der Waals surface area contributed by atoms with Gasteiger partial charge in [-0.05, 0) is 31.4 Å². The number of aromatic nitrogens is 2. The van der Waals surface area contributed by atoms with Gasteiger partial charge in [0.1, 0.15) is 17.4 Å². The summed E-state index contributed by atoms with van der Waals surface area (Å²) in [6.07, 6.45) is 5.72. The zero-order valence-corrected chi connectivity index (χ0v) is 16.8. The average Bonchev–Trinajstić information content (AvgIpc) is 3.35. The molecule has 1 saturated heterocycles. The Hall–Kier alpha value is -2.28. The maximum Gasteiger partial charge on any atom is 0.291 e. The molecule has 0 aromatic carbocycles. The SMILES string of the molecule is CCC(C)(C)C(=O)C(=O)N1CCC[C@H]1c1nc(COc2cccnc2)cs1. The van der Waals surface area contributed by atoms with Crippen LogP contribution >= 0.6 is 11.3 Å². The van der Waals surface area contributed by atoms with Gasteiger partial charge in [0.25, 0.3) is 5.91 Å². The molecule has 0 aliphatic carbocycles. The van der Waals surface area contributed by atoms with Crippen LogP contribution in [0.3, 0.4) is 0 Å². The number of hydrogen-bond donors (Lipinski definition) is 0. The summed E-state index contributed by atoms with van der Waals surface area (Å²) in [5.41, 5.74) is 0.189. The Balaban J connectivity index is 1.68. The van der Waals surface area contributed by atoms with Gasteiger partial charge in [0.05, 0.1) is 17.9 Å². The number of rotatable bonds is 7. The fourth-order valence-corrected chi connectivity index (χ4v) is 3.93. The van der Waals surface area contributed by atoms with E-state index in [0.717, 1.165) is 23.5 Å². The van der Waals surface area contributed by atoms with E-state index in [4.69, 9.17) is 4.74 Å². The number of hydrogen-bond acceptors (Lipinski definition) is 6. The Morgan fingerprint density at radius 3 is 2.93 bits per heavy atom. The van der Waals surface area contributed by atoms with Crippen molar-refractivity contribution in [1.82, 2.24) is 14.9 Å². The molecule has 0 bridgehead atoms. The van der Waals surface area contributed by atoms with E-state index in [1.54, 1.807) is 17.3 Å². The summed E-state index contributed by atoms with van der Waals surface area (Å²) in [5.74, 6) is -0.00147. The molecule has 0 radical (unpaired) electrons. The van der Waals surface area contributed by atoms with Crippen molar-refractivity contribution in [3.05, 3.63) is 40.6 Å². The number of pyridine rings is 1. The van der Waals surface area contributed by atoms with Gasteiger partial charge in [0, 0.05) is 23.5 Å². The van der Waals surface area contributed by atoms with Crippen molar-refractivity contribution in [2.75, 3.05) is 6.54 Å². The zero-order valence-electron chi connectivity index (χ0n) is 16.0. The lowest BCUT2D eigenvalue weighted by molar-refractivity contribution is -0.149. The molecule has 0 N–H and O–H groups in total. The first-order valence-electron chi connectivity index (χ1n) is 9.25. The van der Waals surface area contributed by atoms with Gasteiger partial charge in [0.15, 0.2) is 0 Å². The number of likely N-dealkylation sites (tertiary alicyclic amines) is 1. The molecule has 27 heavy (non-hydrogen) atoms. The second-order valence-electron chi connectivity index (χ2n) is 7.38. The van der Waals surface area contributed by atoms with Gasteiger partial charge < -0.3 is 9.64 Å². The number of ether oxygens (including phenoxy) is 1. The molecule has 3 rings (SSSR count). The summed E-state index contributed by atoms with van der Waals surface area (Å²) in [7, 11) is 0. The van der Waals surface area contributed by atoms with E-state index in [-0.39, 0.29) is 17.7 Å². The molecule has 0 spiro atoms. The maximum atomic E-state index is 12.8. The monoisotopic (exact) mass is 387 g/mol. The molecule has 1 atom stereocenters. The summed E-state index contributed by atoms with van der Waals surface area (Å²) in [4.78, 5) is 35.7. The first-order valence-corrected chi connectivity index (χ1v) is 10.1. The molecule has 0 unspecified atom stereocenters. The smallest absolute Gasteiger partial charge is 0.291 e. The number of carbonyl (C=O) groups is 2. The molecular formula is C20H25N3O3S. The highest BCUT2D eigenvalue weighted by Crippen LogP contribution is 2.35. The molecule has 2 aromatic heterocycles. The fraction of sp³-hybridized carbons (Fsp3) is 0.500. The quantitative estimate of drug-likeness (QED) is 0.676. The van der Waals surface area contributed by atoms with Gasteiger partial charge >= 0.3 is 0 Å². The number of thiazole rings is 1. The minimum Gasteiger partial charge on any atom is -0.486 e. The van der Waals surface area contributed by atoms with Crippen LogP contribution in [-0.4, -0.2) is 33.1 Å². The van der Waals surface area contributed by atoms with E-state index in [9.17, 15) is 9.59 Å². The van der Waals surface area contributed by atoms with E-state index in [1.807, 2.05) is 38.3 Å². The summed E-state index contributed by atoms with van der Waals surface area (Å²) in [5, 5.41) is 2.82. The van der Waals surface area contributed by atoms with Gasteiger partial charge in [-0.3, -0.25) is 14.6 Å². The van der Waals surface area contributed by atoms with E-state index in [2.05, 4.69) is 9.97 Å². The van der Waals surface area contributed by atoms with Gasteiger partial charge in [-0.15, -0.1) is 11.3 Å². The van der Waals surface area contributed by atoms with Crippen molar-refractivity contribution >= 4 is 23.0 Å². The Morgan fingerprint density at radius 1 is 1.41 bits per heavy atom. The highest BCUT2D eigenvalue weighted by molar-refractivity contribution is 7.09. The molecular weight excluding hydrogens is 362 g/mol. The third kappa shape index (κ3) is 4.35. The lowest BCUT2D eigenvalue weighted by Crippen LogP contribution is -2.42. The predicted octanol–water partition coefficient (Wildman–Crippen LogP) is 3.79. The largest absolute Gasteiger partial charge is 0.486 e. The first-order chi connectivity index (χ1) is 12.9. The normalized spacial score (nSPS) is 17.1. The van der Waals surface area contributed by atoms with E-state index in [0.29, 0.717) is 25.3 Å². The molecule has 144 valence electrons. The van der Waals surface area contributed by atoms with Gasteiger partial charge in [-0.25, -0.2) is 4.98 Å². The standard InChI is InChI=1S/C20H25N3O3S/c1-4-20(2,3)17(24)19(25)23-10-6-8-16(23)18-22-14(13-27-18)12-26-15-7-5-9-21-11-15/h5,7,9,11,13,16H,4,6,8,10,12H2,1-3H3/t16-/m0/s1. The Kier molecular flexibility index (Phi) is 5.89. The Labute approximate surface area is 163 Å². The molecule has 6 nitrogen and oxygen atoms in total. The predicted molar refractivity (Wildman–Crippen MR) is 103 cm³/mol. The number of nitrogens with zero attached hydrogens (tertiary/aromatic N) is 3. The second-order valence-corrected chi connectivity index (χ2v) is 8.27. The molecule has 1 fully saturated rings. The fourth-order valence-electron chi connectivity index (χ4n) is 2.98. The van der Waals surface area contributed by atoms with E-state index in [1.165, 1.54) is 11.3 Å². The summed E-state index contributed by atoms with van der Waals surface area (Å²) in [6, 6.07) is 3.54. The maximum absolute atomic E-state index is 12.8. The highest BCUT2D eigenvalue weighted by Gasteiger charge is 2.40. The van der Waals surface area contributed by atoms with Crippen LogP contribution in [-0.2, 0) is 16.2 Å². The molecule has 2 aromatic rings. The van der Waals surface area contributed by atoms with Crippen molar-refractivity contribution in [3.8, 4) is 5.75 Å². The van der Waals surface area contributed by atoms with E-state index < -0.39 is 5.41 Å². The number of amides is 1. The molecule has 0 saturated carbocycles. The Morgan fingerprint density at radius 2 is 2.22 bits per heavy atom. The first kappa shape index (κ1) is 19.5. The highest BCUT2D eigenvalue weighted by atomic mass is 32.1. The molecule has 1 aliphatic rings. The third-order valence-electron chi connectivity index (χ3n) is 5.08. The third-order valence-corrected chi connectivity index (χ3v) is 6.08. The van der Waals surface area contributed by atoms with Crippen LogP contribution in [0, 0.1) is 5.41 Å². The van der Waals surface area contributed by atoms with Crippen LogP contribution in [0.15, 0.2) is 29.9 Å². The molecule has 7 heteroatoms. The van der Waals surface area contributed by atoms with Crippen LogP contribution in [0.5, 0.6) is 5.75 Å². The van der Waals surface area contributed by atoms with Crippen molar-refractivity contribution in [3.63, 3.8) is 0 Å². The van der Waals surface area contributed by atoms with Gasteiger partial charge in [0.2, 0.25) is 5.78 Å². The van der Waals surface area contributed by atoms with Gasteiger partial charge in [-0.2, -0.15) is 0 Å². The minimum absolute atomic E-state index is 0.119. The average molecular weight is 388 g/mol. The van der Waals surface area contributed by atoms with Crippen molar-refractivity contribution < 1.29 is 14.3 Å². The topological polar surface area (TPSA) is 72.4 Å².